The van der Waals surface area contributed by atoms with Crippen LogP contribution in [-0.2, 0) is 11.3 Å². The molecular weight excluding hydrogens is 249 g/mol. The number of thiophene rings is 1. The molecule has 2 aromatic rings. The van der Waals surface area contributed by atoms with Crippen LogP contribution in [0.15, 0.2) is 47.9 Å². The smallest absolute Gasteiger partial charge is 0.244 e. The summed E-state index contributed by atoms with van der Waals surface area (Å²) in [7, 11) is 0. The van der Waals surface area contributed by atoms with Crippen LogP contribution in [0.3, 0.4) is 0 Å². The van der Waals surface area contributed by atoms with Crippen LogP contribution in [0, 0.1) is 5.82 Å². The van der Waals surface area contributed by atoms with Crippen molar-refractivity contribution in [2.75, 3.05) is 0 Å². The maximum atomic E-state index is 12.7. The highest BCUT2D eigenvalue weighted by atomic mass is 32.1. The molecule has 0 aliphatic heterocycles. The van der Waals surface area contributed by atoms with Crippen molar-refractivity contribution in [3.8, 4) is 0 Å². The monoisotopic (exact) mass is 261 g/mol. The highest BCUT2D eigenvalue weighted by molar-refractivity contribution is 7.10. The molecule has 0 radical (unpaired) electrons. The first-order chi connectivity index (χ1) is 8.74. The predicted octanol–water partition coefficient (Wildman–Crippen LogP) is 3.22. The molecule has 18 heavy (non-hydrogen) atoms. The number of benzene rings is 1. The first-order valence-corrected chi connectivity index (χ1v) is 6.36. The normalized spacial score (nSPS) is 10.7. The summed E-state index contributed by atoms with van der Waals surface area (Å²) >= 11 is 1.57. The standard InChI is InChI=1S/C14H12FNOS/c15-12-5-3-11(4-6-12)10-16-14(17)8-7-13-2-1-9-18-13/h1-9H,10H2,(H,16,17)/b8-7+. The SMILES string of the molecule is O=C(/C=C/c1cccs1)NCc1ccc(F)cc1. The molecule has 2 nitrogen and oxygen atoms in total. The summed E-state index contributed by atoms with van der Waals surface area (Å²) in [4.78, 5) is 12.5. The predicted molar refractivity (Wildman–Crippen MR) is 71.6 cm³/mol. The fourth-order valence-corrected chi connectivity index (χ4v) is 2.01. The molecule has 4 heteroatoms. The Kier molecular flexibility index (Phi) is 4.25. The number of carbonyl (C=O) groups excluding carboxylic acids is 1. The van der Waals surface area contributed by atoms with Gasteiger partial charge in [0.25, 0.3) is 0 Å². The first kappa shape index (κ1) is 12.5. The molecule has 0 fully saturated rings. The summed E-state index contributed by atoms with van der Waals surface area (Å²) < 4.78 is 12.7. The Morgan fingerprint density at radius 3 is 2.72 bits per heavy atom. The molecule has 0 unspecified atom stereocenters. The van der Waals surface area contributed by atoms with Crippen molar-refractivity contribution in [3.05, 3.63) is 64.1 Å². The topological polar surface area (TPSA) is 29.1 Å². The summed E-state index contributed by atoms with van der Waals surface area (Å²) in [5.41, 5.74) is 0.870. The van der Waals surface area contributed by atoms with Gasteiger partial charge in [0.1, 0.15) is 5.82 Å². The Morgan fingerprint density at radius 2 is 2.06 bits per heavy atom. The van der Waals surface area contributed by atoms with Crippen molar-refractivity contribution in [2.45, 2.75) is 6.54 Å². The highest BCUT2D eigenvalue weighted by Crippen LogP contribution is 2.09. The molecule has 1 N–H and O–H groups in total. The fourth-order valence-electron chi connectivity index (χ4n) is 1.39. The van der Waals surface area contributed by atoms with Gasteiger partial charge in [0, 0.05) is 17.5 Å². The Bertz CT molecular complexity index is 531. The van der Waals surface area contributed by atoms with Gasteiger partial charge in [0.2, 0.25) is 5.91 Å². The Hall–Kier alpha value is -1.94. The average molecular weight is 261 g/mol. The molecule has 0 bridgehead atoms. The van der Waals surface area contributed by atoms with Crippen molar-refractivity contribution >= 4 is 23.3 Å². The van der Waals surface area contributed by atoms with E-state index < -0.39 is 0 Å². The van der Waals surface area contributed by atoms with Crippen LogP contribution >= 0.6 is 11.3 Å². The van der Waals surface area contributed by atoms with Crippen molar-refractivity contribution in [2.24, 2.45) is 0 Å². The third-order valence-electron chi connectivity index (χ3n) is 2.32. The third kappa shape index (κ3) is 3.82. The molecule has 92 valence electrons. The van der Waals surface area contributed by atoms with Gasteiger partial charge in [-0.3, -0.25) is 4.79 Å². The minimum Gasteiger partial charge on any atom is -0.348 e. The zero-order valence-corrected chi connectivity index (χ0v) is 10.4. The lowest BCUT2D eigenvalue weighted by Crippen LogP contribution is -2.20. The summed E-state index contributed by atoms with van der Waals surface area (Å²) in [6, 6.07) is 9.93. The molecule has 0 saturated carbocycles. The summed E-state index contributed by atoms with van der Waals surface area (Å²) in [6.07, 6.45) is 3.26. The number of hydrogen-bond acceptors (Lipinski definition) is 2. The van der Waals surface area contributed by atoms with E-state index in [2.05, 4.69) is 5.32 Å². The van der Waals surface area contributed by atoms with Crippen LogP contribution < -0.4 is 5.32 Å². The molecule has 1 aromatic heterocycles. The van der Waals surface area contributed by atoms with Crippen molar-refractivity contribution in [1.82, 2.24) is 5.32 Å². The number of rotatable bonds is 4. The van der Waals surface area contributed by atoms with Gasteiger partial charge in [0.05, 0.1) is 0 Å². The van der Waals surface area contributed by atoms with E-state index >= 15 is 0 Å². The molecule has 0 aliphatic carbocycles. The second-order valence-corrected chi connectivity index (χ2v) is 4.67. The third-order valence-corrected chi connectivity index (χ3v) is 3.16. The van der Waals surface area contributed by atoms with Gasteiger partial charge in [-0.1, -0.05) is 18.2 Å². The van der Waals surface area contributed by atoms with Crippen LogP contribution in [0.5, 0.6) is 0 Å². The second-order valence-electron chi connectivity index (χ2n) is 3.69. The number of amides is 1. The molecule has 0 spiro atoms. The number of halogens is 1. The lowest BCUT2D eigenvalue weighted by Gasteiger charge is -2.01. The zero-order chi connectivity index (χ0) is 12.8. The van der Waals surface area contributed by atoms with E-state index in [1.165, 1.54) is 18.2 Å². The molecular formula is C14H12FNOS. The molecule has 1 aromatic carbocycles. The zero-order valence-electron chi connectivity index (χ0n) is 9.60. The van der Waals surface area contributed by atoms with Crippen LogP contribution in [-0.4, -0.2) is 5.91 Å². The Morgan fingerprint density at radius 1 is 1.28 bits per heavy atom. The van der Waals surface area contributed by atoms with E-state index in [0.29, 0.717) is 6.54 Å². The fraction of sp³-hybridized carbons (Fsp3) is 0.0714. The number of nitrogens with one attached hydrogen (secondary N) is 1. The second kappa shape index (κ2) is 6.12. The molecule has 0 atom stereocenters. The molecule has 0 saturated heterocycles. The van der Waals surface area contributed by atoms with Gasteiger partial charge in [-0.15, -0.1) is 11.3 Å². The summed E-state index contributed by atoms with van der Waals surface area (Å²) in [5.74, 6) is -0.435. The van der Waals surface area contributed by atoms with E-state index in [-0.39, 0.29) is 11.7 Å². The van der Waals surface area contributed by atoms with Gasteiger partial charge in [-0.2, -0.15) is 0 Å². The van der Waals surface area contributed by atoms with E-state index in [1.54, 1.807) is 29.5 Å². The quantitative estimate of drug-likeness (QED) is 0.841. The Balaban J connectivity index is 1.83. The van der Waals surface area contributed by atoms with Crippen LogP contribution in [0.2, 0.25) is 0 Å². The van der Waals surface area contributed by atoms with E-state index in [1.807, 2.05) is 17.5 Å². The van der Waals surface area contributed by atoms with E-state index in [4.69, 9.17) is 0 Å². The van der Waals surface area contributed by atoms with Crippen molar-refractivity contribution in [1.29, 1.82) is 0 Å². The first-order valence-electron chi connectivity index (χ1n) is 5.48. The van der Waals surface area contributed by atoms with Crippen molar-refractivity contribution < 1.29 is 9.18 Å². The van der Waals surface area contributed by atoms with Crippen molar-refractivity contribution in [3.63, 3.8) is 0 Å². The average Bonchev–Trinajstić information content (AvgIpc) is 2.89. The van der Waals surface area contributed by atoms with Gasteiger partial charge in [0.15, 0.2) is 0 Å². The maximum absolute atomic E-state index is 12.7. The van der Waals surface area contributed by atoms with E-state index in [0.717, 1.165) is 10.4 Å². The largest absolute Gasteiger partial charge is 0.348 e. The van der Waals surface area contributed by atoms with Gasteiger partial charge < -0.3 is 5.32 Å². The number of hydrogen-bond donors (Lipinski definition) is 1. The van der Waals surface area contributed by atoms with Crippen LogP contribution in [0.4, 0.5) is 4.39 Å². The van der Waals surface area contributed by atoms with Crippen LogP contribution in [0.1, 0.15) is 10.4 Å². The lowest BCUT2D eigenvalue weighted by atomic mass is 10.2. The maximum Gasteiger partial charge on any atom is 0.244 e. The number of carbonyl (C=O) groups is 1. The lowest BCUT2D eigenvalue weighted by molar-refractivity contribution is -0.116. The van der Waals surface area contributed by atoms with Gasteiger partial charge in [-0.25, -0.2) is 4.39 Å². The molecule has 1 amide bonds. The van der Waals surface area contributed by atoms with Gasteiger partial charge in [-0.05, 0) is 35.2 Å². The summed E-state index contributed by atoms with van der Waals surface area (Å²) in [6.45, 7) is 0.397. The minimum absolute atomic E-state index is 0.160. The highest BCUT2D eigenvalue weighted by Gasteiger charge is 1.97. The van der Waals surface area contributed by atoms with Crippen LogP contribution in [0.25, 0.3) is 6.08 Å². The molecule has 1 heterocycles. The Labute approximate surface area is 109 Å². The minimum atomic E-state index is -0.275. The molecule has 0 aliphatic rings. The molecule has 2 rings (SSSR count). The van der Waals surface area contributed by atoms with Gasteiger partial charge >= 0.3 is 0 Å². The summed E-state index contributed by atoms with van der Waals surface area (Å²) in [5, 5.41) is 4.69. The van der Waals surface area contributed by atoms with E-state index in [9.17, 15) is 9.18 Å².